The highest BCUT2D eigenvalue weighted by atomic mass is 32.1. The van der Waals surface area contributed by atoms with Crippen molar-refractivity contribution in [3.63, 3.8) is 0 Å². The number of rotatable bonds is 6. The van der Waals surface area contributed by atoms with Gasteiger partial charge in [0.15, 0.2) is 22.4 Å². The van der Waals surface area contributed by atoms with E-state index in [0.29, 0.717) is 27.6 Å². The third kappa shape index (κ3) is 4.16. The highest BCUT2D eigenvalue weighted by molar-refractivity contribution is 7.16. The van der Waals surface area contributed by atoms with Crippen LogP contribution in [0.3, 0.4) is 0 Å². The molecule has 9 heteroatoms. The summed E-state index contributed by atoms with van der Waals surface area (Å²) in [5, 5.41) is 0. The minimum Gasteiger partial charge on any atom is -0.481 e. The molecule has 0 saturated heterocycles. The van der Waals surface area contributed by atoms with Crippen molar-refractivity contribution in [2.24, 2.45) is 4.99 Å². The Balaban J connectivity index is 1.70. The molecule has 156 valence electrons. The van der Waals surface area contributed by atoms with Crippen molar-refractivity contribution < 1.29 is 28.5 Å². The highest BCUT2D eigenvalue weighted by Crippen LogP contribution is 2.37. The third-order valence-electron chi connectivity index (χ3n) is 4.38. The fourth-order valence-electron chi connectivity index (χ4n) is 2.97. The number of benzene rings is 2. The predicted molar refractivity (Wildman–Crippen MR) is 110 cm³/mol. The first-order valence-corrected chi connectivity index (χ1v) is 10.3. The molecule has 1 unspecified atom stereocenters. The first-order chi connectivity index (χ1) is 14.5. The Morgan fingerprint density at radius 3 is 2.67 bits per heavy atom. The summed E-state index contributed by atoms with van der Waals surface area (Å²) in [6.45, 7) is 3.71. The van der Waals surface area contributed by atoms with Gasteiger partial charge >= 0.3 is 5.97 Å². The summed E-state index contributed by atoms with van der Waals surface area (Å²) in [7, 11) is 0. The van der Waals surface area contributed by atoms with Gasteiger partial charge in [-0.05, 0) is 26.0 Å². The molecular formula is C21H20N2O6S. The van der Waals surface area contributed by atoms with E-state index < -0.39 is 18.0 Å². The molecule has 30 heavy (non-hydrogen) atoms. The maximum Gasteiger partial charge on any atom is 0.326 e. The molecule has 2 heterocycles. The van der Waals surface area contributed by atoms with Crippen molar-refractivity contribution in [1.82, 2.24) is 4.57 Å². The molecule has 0 radical (unpaired) electrons. The summed E-state index contributed by atoms with van der Waals surface area (Å²) in [6, 6.07) is 12.7. The van der Waals surface area contributed by atoms with Gasteiger partial charge in [-0.25, -0.2) is 0 Å². The van der Waals surface area contributed by atoms with Crippen LogP contribution in [0.4, 0.5) is 0 Å². The van der Waals surface area contributed by atoms with Crippen molar-refractivity contribution >= 4 is 33.4 Å². The number of hydrogen-bond acceptors (Lipinski definition) is 7. The van der Waals surface area contributed by atoms with Crippen LogP contribution >= 0.6 is 11.3 Å². The Hall–Kier alpha value is -3.33. The van der Waals surface area contributed by atoms with Gasteiger partial charge < -0.3 is 23.5 Å². The molecule has 1 aromatic heterocycles. The van der Waals surface area contributed by atoms with Crippen LogP contribution in [0.5, 0.6) is 17.2 Å². The summed E-state index contributed by atoms with van der Waals surface area (Å²) in [4.78, 5) is 29.5. The topological polar surface area (TPSA) is 88.4 Å². The molecule has 0 spiro atoms. The number of thiazole rings is 1. The molecule has 0 N–H and O–H groups in total. The van der Waals surface area contributed by atoms with Gasteiger partial charge in [0.1, 0.15) is 12.3 Å². The molecule has 0 fully saturated rings. The average Bonchev–Trinajstić information content (AvgIpc) is 3.31. The predicted octanol–water partition coefficient (Wildman–Crippen LogP) is 2.89. The van der Waals surface area contributed by atoms with Crippen LogP contribution in [-0.2, 0) is 20.9 Å². The first-order valence-electron chi connectivity index (χ1n) is 9.44. The zero-order chi connectivity index (χ0) is 21.1. The van der Waals surface area contributed by atoms with Gasteiger partial charge in [0.2, 0.25) is 6.79 Å². The smallest absolute Gasteiger partial charge is 0.326 e. The third-order valence-corrected chi connectivity index (χ3v) is 5.42. The minimum absolute atomic E-state index is 0.0759. The van der Waals surface area contributed by atoms with Gasteiger partial charge in [0.05, 0.1) is 16.8 Å². The summed E-state index contributed by atoms with van der Waals surface area (Å²) in [5.74, 6) is 0.901. The molecule has 4 rings (SSSR count). The second kappa shape index (κ2) is 8.58. The zero-order valence-corrected chi connectivity index (χ0v) is 17.3. The van der Waals surface area contributed by atoms with Gasteiger partial charge in [-0.2, -0.15) is 4.99 Å². The molecule has 1 aliphatic rings. The van der Waals surface area contributed by atoms with Crippen LogP contribution in [0, 0.1) is 0 Å². The quantitative estimate of drug-likeness (QED) is 0.561. The first kappa shape index (κ1) is 20.0. The lowest BCUT2D eigenvalue weighted by Gasteiger charge is -2.11. The number of amides is 1. The molecule has 0 saturated carbocycles. The van der Waals surface area contributed by atoms with Gasteiger partial charge in [-0.3, -0.25) is 9.59 Å². The summed E-state index contributed by atoms with van der Waals surface area (Å²) in [5.41, 5.74) is 0.709. The molecular weight excluding hydrogens is 408 g/mol. The van der Waals surface area contributed by atoms with E-state index in [2.05, 4.69) is 4.99 Å². The highest BCUT2D eigenvalue weighted by Gasteiger charge is 2.20. The zero-order valence-electron chi connectivity index (χ0n) is 16.5. The number of esters is 1. The fourth-order valence-corrected chi connectivity index (χ4v) is 4.02. The van der Waals surface area contributed by atoms with Crippen LogP contribution < -0.4 is 19.0 Å². The Morgan fingerprint density at radius 2 is 1.93 bits per heavy atom. The number of carbonyl (C=O) groups is 2. The summed E-state index contributed by atoms with van der Waals surface area (Å²) >= 11 is 1.28. The van der Waals surface area contributed by atoms with Crippen LogP contribution in [0.25, 0.3) is 10.2 Å². The van der Waals surface area contributed by atoms with Crippen LogP contribution in [-0.4, -0.2) is 35.9 Å². The number of hydrogen-bond donors (Lipinski definition) is 0. The molecule has 2 aromatic carbocycles. The Labute approximate surface area is 176 Å². The van der Waals surface area contributed by atoms with E-state index in [9.17, 15) is 9.59 Å². The van der Waals surface area contributed by atoms with E-state index in [-0.39, 0.29) is 19.9 Å². The van der Waals surface area contributed by atoms with Crippen molar-refractivity contribution in [1.29, 1.82) is 0 Å². The van der Waals surface area contributed by atoms with E-state index >= 15 is 0 Å². The number of para-hydroxylation sites is 1. The number of fused-ring (bicyclic) bond motifs is 2. The van der Waals surface area contributed by atoms with Crippen molar-refractivity contribution in [2.45, 2.75) is 26.5 Å². The SMILES string of the molecule is CCOC(=O)Cn1c(=NC(=O)C(C)Oc2ccccc2)sc2cc3c(cc21)OCO3. The normalized spacial score (nSPS) is 14.0. The number of ether oxygens (including phenoxy) is 4. The summed E-state index contributed by atoms with van der Waals surface area (Å²) in [6.07, 6.45) is -0.787. The van der Waals surface area contributed by atoms with Gasteiger partial charge in [-0.1, -0.05) is 29.5 Å². The maximum atomic E-state index is 12.7. The average molecular weight is 428 g/mol. The molecule has 3 aromatic rings. The van der Waals surface area contributed by atoms with Crippen LogP contribution in [0.2, 0.25) is 0 Å². The molecule has 1 aliphatic heterocycles. The standard InChI is InChI=1S/C21H20N2O6S/c1-3-26-19(24)11-23-15-9-16-17(28-12-27-16)10-18(15)30-21(23)22-20(25)13(2)29-14-7-5-4-6-8-14/h4-10,13H,3,11-12H2,1-2H3. The fraction of sp³-hybridized carbons (Fsp3) is 0.286. The van der Waals surface area contributed by atoms with E-state index in [0.717, 1.165) is 4.70 Å². The monoisotopic (exact) mass is 428 g/mol. The number of carbonyl (C=O) groups excluding carboxylic acids is 2. The Kier molecular flexibility index (Phi) is 5.71. The van der Waals surface area contributed by atoms with Crippen LogP contribution in [0.15, 0.2) is 47.5 Å². The van der Waals surface area contributed by atoms with Gasteiger partial charge in [-0.15, -0.1) is 0 Å². The second-order valence-electron chi connectivity index (χ2n) is 6.47. The van der Waals surface area contributed by atoms with E-state index in [4.69, 9.17) is 18.9 Å². The van der Waals surface area contributed by atoms with E-state index in [1.807, 2.05) is 24.3 Å². The molecule has 8 nitrogen and oxygen atoms in total. The van der Waals surface area contributed by atoms with Gasteiger partial charge in [0, 0.05) is 12.1 Å². The van der Waals surface area contributed by atoms with Crippen molar-refractivity contribution in [3.8, 4) is 17.2 Å². The molecule has 0 aliphatic carbocycles. The number of aromatic nitrogens is 1. The molecule has 1 amide bonds. The minimum atomic E-state index is -0.787. The maximum absolute atomic E-state index is 12.7. The molecule has 1 atom stereocenters. The Morgan fingerprint density at radius 1 is 1.20 bits per heavy atom. The van der Waals surface area contributed by atoms with Crippen LogP contribution in [0.1, 0.15) is 13.8 Å². The second-order valence-corrected chi connectivity index (χ2v) is 7.48. The lowest BCUT2D eigenvalue weighted by Crippen LogP contribution is -2.27. The van der Waals surface area contributed by atoms with E-state index in [1.165, 1.54) is 11.3 Å². The Bertz CT molecular complexity index is 1150. The van der Waals surface area contributed by atoms with Crippen molar-refractivity contribution in [2.75, 3.05) is 13.4 Å². The molecule has 0 bridgehead atoms. The largest absolute Gasteiger partial charge is 0.481 e. The summed E-state index contributed by atoms with van der Waals surface area (Å²) < 4.78 is 24.1. The van der Waals surface area contributed by atoms with Gasteiger partial charge in [0.25, 0.3) is 5.91 Å². The van der Waals surface area contributed by atoms with E-state index in [1.54, 1.807) is 36.6 Å². The lowest BCUT2D eigenvalue weighted by molar-refractivity contribution is -0.143. The lowest BCUT2D eigenvalue weighted by atomic mass is 10.3. The van der Waals surface area contributed by atoms with Crippen molar-refractivity contribution in [3.05, 3.63) is 47.3 Å². The number of nitrogens with zero attached hydrogens (tertiary/aromatic N) is 2.